The maximum Gasteiger partial charge on any atom is 0.257 e. The number of amidine groups is 1. The third kappa shape index (κ3) is 3.18. The molecule has 1 aliphatic rings. The van der Waals surface area contributed by atoms with Gasteiger partial charge in [-0.3, -0.25) is 4.79 Å². The molecule has 114 valence electrons. The molecular weight excluding hydrogens is 274 g/mol. The highest BCUT2D eigenvalue weighted by atomic mass is 16.6. The Labute approximate surface area is 122 Å². The van der Waals surface area contributed by atoms with Crippen LogP contribution in [0.3, 0.4) is 0 Å². The second kappa shape index (κ2) is 6.34. The minimum Gasteiger partial charge on any atom is -0.486 e. The number of ether oxygens (including phenoxy) is 2. The Kier molecular flexibility index (Phi) is 4.52. The first-order chi connectivity index (χ1) is 10.0. The Balaban J connectivity index is 2.20. The van der Waals surface area contributed by atoms with Crippen LogP contribution in [0.2, 0.25) is 0 Å². The molecule has 0 aromatic heterocycles. The van der Waals surface area contributed by atoms with E-state index in [1.165, 1.54) is 4.90 Å². The Morgan fingerprint density at radius 3 is 2.90 bits per heavy atom. The number of carbonyl (C=O) groups excluding carboxylic acids is 1. The molecule has 0 fully saturated rings. The molecule has 7 heteroatoms. The van der Waals surface area contributed by atoms with E-state index in [-0.39, 0.29) is 24.2 Å². The van der Waals surface area contributed by atoms with Crippen molar-refractivity contribution in [3.63, 3.8) is 0 Å². The van der Waals surface area contributed by atoms with Crippen molar-refractivity contribution in [3.8, 4) is 11.5 Å². The Morgan fingerprint density at radius 1 is 1.48 bits per heavy atom. The van der Waals surface area contributed by atoms with Gasteiger partial charge in [0.15, 0.2) is 11.5 Å². The van der Waals surface area contributed by atoms with Crippen LogP contribution in [-0.4, -0.2) is 48.2 Å². The fraction of sp³-hybridized carbons (Fsp3) is 0.429. The van der Waals surface area contributed by atoms with Gasteiger partial charge in [0.05, 0.1) is 5.56 Å². The van der Waals surface area contributed by atoms with E-state index in [1.54, 1.807) is 25.2 Å². The Hall–Kier alpha value is -2.44. The van der Waals surface area contributed by atoms with Crippen molar-refractivity contribution >= 4 is 11.7 Å². The number of amides is 1. The van der Waals surface area contributed by atoms with Gasteiger partial charge in [0.1, 0.15) is 19.0 Å². The number of para-hydroxylation sites is 1. The van der Waals surface area contributed by atoms with Gasteiger partial charge >= 0.3 is 0 Å². The molecule has 0 saturated heterocycles. The molecule has 1 amide bonds. The number of nitrogens with two attached hydrogens (primary N) is 1. The maximum absolute atomic E-state index is 12.6. The number of nitrogens with zero attached hydrogens (tertiary/aromatic N) is 2. The van der Waals surface area contributed by atoms with Gasteiger partial charge in [-0.15, -0.1) is 0 Å². The highest BCUT2D eigenvalue weighted by Gasteiger charge is 2.25. The molecule has 21 heavy (non-hydrogen) atoms. The van der Waals surface area contributed by atoms with Crippen molar-refractivity contribution in [2.45, 2.75) is 19.4 Å². The first-order valence-corrected chi connectivity index (χ1v) is 6.66. The van der Waals surface area contributed by atoms with Crippen molar-refractivity contribution in [2.24, 2.45) is 10.9 Å². The Bertz CT molecular complexity index is 559. The summed E-state index contributed by atoms with van der Waals surface area (Å²) in [4.78, 5) is 14.1. The van der Waals surface area contributed by atoms with E-state index in [0.717, 1.165) is 0 Å². The second-order valence-electron chi connectivity index (χ2n) is 4.89. The van der Waals surface area contributed by atoms with E-state index in [0.29, 0.717) is 30.3 Å². The fourth-order valence-electron chi connectivity index (χ4n) is 2.11. The highest BCUT2D eigenvalue weighted by molar-refractivity contribution is 5.98. The van der Waals surface area contributed by atoms with Gasteiger partial charge < -0.3 is 25.3 Å². The summed E-state index contributed by atoms with van der Waals surface area (Å²) >= 11 is 0. The van der Waals surface area contributed by atoms with E-state index in [1.807, 2.05) is 6.92 Å². The molecule has 0 spiro atoms. The molecule has 0 aliphatic carbocycles. The number of rotatable bonds is 4. The van der Waals surface area contributed by atoms with Crippen molar-refractivity contribution < 1.29 is 19.5 Å². The SMILES string of the molecule is CC(CC(N)=NO)N(C)C(=O)c1cccc2c1OCCO2. The second-order valence-corrected chi connectivity index (χ2v) is 4.89. The summed E-state index contributed by atoms with van der Waals surface area (Å²) in [6.07, 6.45) is 0.283. The lowest BCUT2D eigenvalue weighted by atomic mass is 10.1. The van der Waals surface area contributed by atoms with Crippen LogP contribution in [-0.2, 0) is 0 Å². The fourth-order valence-corrected chi connectivity index (χ4v) is 2.11. The van der Waals surface area contributed by atoms with Gasteiger partial charge in [-0.05, 0) is 19.1 Å². The minimum atomic E-state index is -0.214. The van der Waals surface area contributed by atoms with Crippen LogP contribution in [0.4, 0.5) is 0 Å². The van der Waals surface area contributed by atoms with Gasteiger partial charge in [0.2, 0.25) is 0 Å². The highest BCUT2D eigenvalue weighted by Crippen LogP contribution is 2.34. The first-order valence-electron chi connectivity index (χ1n) is 6.66. The van der Waals surface area contributed by atoms with Crippen LogP contribution >= 0.6 is 0 Å². The van der Waals surface area contributed by atoms with Gasteiger partial charge in [-0.25, -0.2) is 0 Å². The summed E-state index contributed by atoms with van der Waals surface area (Å²) < 4.78 is 11.0. The molecule has 0 bridgehead atoms. The van der Waals surface area contributed by atoms with Crippen LogP contribution in [0.25, 0.3) is 0 Å². The van der Waals surface area contributed by atoms with Crippen LogP contribution in [0.15, 0.2) is 23.4 Å². The lowest BCUT2D eigenvalue weighted by Crippen LogP contribution is -2.38. The first kappa shape index (κ1) is 15.0. The standard InChI is InChI=1S/C14H19N3O4/c1-9(8-12(15)16-19)17(2)14(18)10-4-3-5-11-13(10)21-7-6-20-11/h3-5,9,19H,6-8H2,1-2H3,(H2,15,16). The zero-order chi connectivity index (χ0) is 15.4. The molecule has 1 heterocycles. The number of oxime groups is 1. The number of carbonyl (C=O) groups is 1. The topological polar surface area (TPSA) is 97.4 Å². The summed E-state index contributed by atoms with van der Waals surface area (Å²) in [5.74, 6) is 0.925. The molecule has 1 aromatic carbocycles. The minimum absolute atomic E-state index is 0.0804. The molecular formula is C14H19N3O4. The normalized spacial score (nSPS) is 15.4. The van der Waals surface area contributed by atoms with E-state index < -0.39 is 0 Å². The predicted molar refractivity (Wildman–Crippen MR) is 77.0 cm³/mol. The third-order valence-corrected chi connectivity index (χ3v) is 3.41. The molecule has 1 aromatic rings. The van der Waals surface area contributed by atoms with Crippen LogP contribution in [0.5, 0.6) is 11.5 Å². The zero-order valence-corrected chi connectivity index (χ0v) is 12.1. The molecule has 1 unspecified atom stereocenters. The third-order valence-electron chi connectivity index (χ3n) is 3.41. The monoisotopic (exact) mass is 293 g/mol. The molecule has 1 atom stereocenters. The number of fused-ring (bicyclic) bond motifs is 1. The average molecular weight is 293 g/mol. The van der Waals surface area contributed by atoms with Crippen molar-refractivity contribution in [1.82, 2.24) is 4.90 Å². The van der Waals surface area contributed by atoms with Crippen molar-refractivity contribution in [1.29, 1.82) is 0 Å². The lowest BCUT2D eigenvalue weighted by molar-refractivity contribution is 0.0736. The number of benzene rings is 1. The van der Waals surface area contributed by atoms with Gasteiger partial charge in [0.25, 0.3) is 5.91 Å². The smallest absolute Gasteiger partial charge is 0.257 e. The van der Waals surface area contributed by atoms with Crippen molar-refractivity contribution in [2.75, 3.05) is 20.3 Å². The zero-order valence-electron chi connectivity index (χ0n) is 12.1. The quantitative estimate of drug-likeness (QED) is 0.374. The summed E-state index contributed by atoms with van der Waals surface area (Å²) in [6, 6.07) is 5.00. The lowest BCUT2D eigenvalue weighted by Gasteiger charge is -2.27. The van der Waals surface area contributed by atoms with Crippen molar-refractivity contribution in [3.05, 3.63) is 23.8 Å². The maximum atomic E-state index is 12.6. The van der Waals surface area contributed by atoms with E-state index in [4.69, 9.17) is 20.4 Å². The summed E-state index contributed by atoms with van der Waals surface area (Å²) in [5.41, 5.74) is 5.92. The van der Waals surface area contributed by atoms with E-state index in [9.17, 15) is 4.79 Å². The van der Waals surface area contributed by atoms with Crippen LogP contribution < -0.4 is 15.2 Å². The number of hydrogen-bond acceptors (Lipinski definition) is 5. The van der Waals surface area contributed by atoms with E-state index >= 15 is 0 Å². The summed E-state index contributed by atoms with van der Waals surface area (Å²) in [6.45, 7) is 2.71. The average Bonchev–Trinajstić information content (AvgIpc) is 2.52. The molecule has 0 saturated carbocycles. The van der Waals surface area contributed by atoms with Gasteiger partial charge in [-0.1, -0.05) is 11.2 Å². The van der Waals surface area contributed by atoms with Gasteiger partial charge in [0, 0.05) is 19.5 Å². The molecule has 3 N–H and O–H groups in total. The Morgan fingerprint density at radius 2 is 2.19 bits per heavy atom. The predicted octanol–water partition coefficient (Wildman–Crippen LogP) is 1.05. The number of hydrogen-bond donors (Lipinski definition) is 2. The molecule has 0 radical (unpaired) electrons. The van der Waals surface area contributed by atoms with Crippen LogP contribution in [0, 0.1) is 0 Å². The largest absolute Gasteiger partial charge is 0.486 e. The molecule has 7 nitrogen and oxygen atoms in total. The van der Waals surface area contributed by atoms with Gasteiger partial charge in [-0.2, -0.15) is 0 Å². The summed E-state index contributed by atoms with van der Waals surface area (Å²) in [7, 11) is 1.67. The summed E-state index contributed by atoms with van der Waals surface area (Å²) in [5, 5.41) is 11.5. The molecule has 1 aliphatic heterocycles. The molecule has 2 rings (SSSR count). The van der Waals surface area contributed by atoms with E-state index in [2.05, 4.69) is 5.16 Å². The van der Waals surface area contributed by atoms with Crippen LogP contribution in [0.1, 0.15) is 23.7 Å².